The summed E-state index contributed by atoms with van der Waals surface area (Å²) in [6, 6.07) is 8.75. The van der Waals surface area contributed by atoms with Gasteiger partial charge in [-0.1, -0.05) is 0 Å². The Morgan fingerprint density at radius 3 is 2.75 bits per heavy atom. The summed E-state index contributed by atoms with van der Waals surface area (Å²) in [6.07, 6.45) is 2.30. The van der Waals surface area contributed by atoms with Crippen LogP contribution < -0.4 is 5.32 Å². The maximum absolute atomic E-state index is 3.45. The van der Waals surface area contributed by atoms with Gasteiger partial charge in [-0.05, 0) is 0 Å². The van der Waals surface area contributed by atoms with Gasteiger partial charge in [0.15, 0.2) is 0 Å². The second-order valence-electron chi connectivity index (χ2n) is 3.05. The van der Waals surface area contributed by atoms with Crippen molar-refractivity contribution >= 4 is 4.02 Å². The molecular formula is C10H11NW. The van der Waals surface area contributed by atoms with Crippen LogP contribution in [0.3, 0.4) is 0 Å². The third-order valence-corrected chi connectivity index (χ3v) is 3.22. The summed E-state index contributed by atoms with van der Waals surface area (Å²) in [7, 11) is 0. The van der Waals surface area contributed by atoms with E-state index in [1.54, 1.807) is 19.4 Å². The fourth-order valence-corrected chi connectivity index (χ4v) is 2.47. The first kappa shape index (κ1) is 8.34. The number of hydrogen-bond donors (Lipinski definition) is 1. The Morgan fingerprint density at radius 1 is 1.17 bits per heavy atom. The van der Waals surface area contributed by atoms with Gasteiger partial charge in [-0.3, -0.25) is 0 Å². The topological polar surface area (TPSA) is 12.0 Å². The summed E-state index contributed by atoms with van der Waals surface area (Å²) >= 11 is 1.57. The van der Waals surface area contributed by atoms with E-state index in [-0.39, 0.29) is 0 Å². The van der Waals surface area contributed by atoms with E-state index in [4.69, 9.17) is 0 Å². The second kappa shape index (κ2) is 3.63. The van der Waals surface area contributed by atoms with Crippen molar-refractivity contribution in [2.75, 3.05) is 6.54 Å². The first-order valence-corrected chi connectivity index (χ1v) is 5.66. The molecule has 0 saturated heterocycles. The number of fused-ring (bicyclic) bond motifs is 1. The van der Waals surface area contributed by atoms with Crippen LogP contribution in [-0.2, 0) is 32.2 Å². The number of hydrogen-bond acceptors (Lipinski definition) is 1. The molecule has 0 amide bonds. The van der Waals surface area contributed by atoms with E-state index in [0.717, 1.165) is 13.0 Å². The standard InChI is InChI=1S/C10H11N.W/c1-2-4-10-6-8-11-7-5-9(10)3-1;/h1-4,11H,5-7H2;. The van der Waals surface area contributed by atoms with E-state index in [9.17, 15) is 0 Å². The van der Waals surface area contributed by atoms with Crippen molar-refractivity contribution in [1.82, 2.24) is 5.32 Å². The molecule has 2 rings (SSSR count). The van der Waals surface area contributed by atoms with Gasteiger partial charge in [0.2, 0.25) is 0 Å². The van der Waals surface area contributed by atoms with Gasteiger partial charge in [-0.15, -0.1) is 0 Å². The van der Waals surface area contributed by atoms with Gasteiger partial charge >= 0.3 is 83.5 Å². The molecular weight excluding hydrogens is 318 g/mol. The number of rotatable bonds is 0. The fraction of sp³-hybridized carbons (Fsp3) is 0.300. The third kappa shape index (κ3) is 1.73. The van der Waals surface area contributed by atoms with Gasteiger partial charge in [0.25, 0.3) is 0 Å². The van der Waals surface area contributed by atoms with Crippen molar-refractivity contribution in [3.8, 4) is 0 Å². The Bertz CT molecular complexity index is 306. The molecule has 0 radical (unpaired) electrons. The predicted molar refractivity (Wildman–Crippen MR) is 46.9 cm³/mol. The molecule has 0 bridgehead atoms. The molecule has 1 nitrogen and oxygen atoms in total. The molecule has 0 aromatic heterocycles. The van der Waals surface area contributed by atoms with Gasteiger partial charge in [0, 0.05) is 0 Å². The van der Waals surface area contributed by atoms with Gasteiger partial charge in [0.05, 0.1) is 0 Å². The molecule has 1 heterocycles. The van der Waals surface area contributed by atoms with Crippen LogP contribution in [0.25, 0.3) is 0 Å². The Balaban J connectivity index is 2.37. The average Bonchev–Trinajstić information content (AvgIpc) is 2.25. The first-order valence-electron chi connectivity index (χ1n) is 4.20. The molecule has 1 aromatic carbocycles. The van der Waals surface area contributed by atoms with Crippen molar-refractivity contribution < 1.29 is 19.4 Å². The zero-order valence-corrected chi connectivity index (χ0v) is 9.77. The Hall–Kier alpha value is -0.262. The van der Waals surface area contributed by atoms with Crippen molar-refractivity contribution in [3.05, 3.63) is 35.4 Å². The average molecular weight is 329 g/mol. The molecule has 0 fully saturated rings. The Morgan fingerprint density at radius 2 is 1.92 bits per heavy atom. The van der Waals surface area contributed by atoms with E-state index < -0.39 is 0 Å². The SMILES string of the molecule is [W]=[C]1Cc2ccccc2CCN1. The first-order chi connectivity index (χ1) is 5.86. The molecule has 0 atom stereocenters. The number of nitrogens with one attached hydrogen (secondary N) is 1. The van der Waals surface area contributed by atoms with Crippen LogP contribution in [0.5, 0.6) is 0 Å². The van der Waals surface area contributed by atoms with E-state index >= 15 is 0 Å². The molecule has 0 aliphatic carbocycles. The molecule has 1 aliphatic rings. The summed E-state index contributed by atoms with van der Waals surface area (Å²) in [5.41, 5.74) is 3.02. The molecule has 12 heavy (non-hydrogen) atoms. The normalized spacial score (nSPS) is 16.8. The van der Waals surface area contributed by atoms with Crippen LogP contribution in [0.4, 0.5) is 0 Å². The summed E-state index contributed by atoms with van der Waals surface area (Å²) in [5.74, 6) is 0. The van der Waals surface area contributed by atoms with Crippen molar-refractivity contribution in [1.29, 1.82) is 0 Å². The summed E-state index contributed by atoms with van der Waals surface area (Å²) in [5, 5.41) is 3.45. The molecule has 0 unspecified atom stereocenters. The summed E-state index contributed by atoms with van der Waals surface area (Å²) in [6.45, 7) is 1.11. The summed E-state index contributed by atoms with van der Waals surface area (Å²) < 4.78 is 1.47. The Kier molecular flexibility index (Phi) is 2.53. The maximum atomic E-state index is 3.45. The molecule has 2 heteroatoms. The van der Waals surface area contributed by atoms with Gasteiger partial charge in [0.1, 0.15) is 0 Å². The summed E-state index contributed by atoms with van der Waals surface area (Å²) in [4.78, 5) is 0. The van der Waals surface area contributed by atoms with Gasteiger partial charge in [-0.25, -0.2) is 0 Å². The molecule has 0 spiro atoms. The molecule has 1 aromatic rings. The fourth-order valence-electron chi connectivity index (χ4n) is 1.55. The minimum atomic E-state index is 1.11. The zero-order chi connectivity index (χ0) is 8.39. The zero-order valence-electron chi connectivity index (χ0n) is 6.84. The van der Waals surface area contributed by atoms with E-state index in [0.29, 0.717) is 0 Å². The molecule has 0 saturated carbocycles. The third-order valence-electron chi connectivity index (χ3n) is 2.19. The number of benzene rings is 1. The molecule has 1 N–H and O–H groups in total. The molecule has 1 aliphatic heterocycles. The van der Waals surface area contributed by atoms with E-state index in [1.807, 2.05) is 0 Å². The van der Waals surface area contributed by atoms with E-state index in [1.165, 1.54) is 21.6 Å². The van der Waals surface area contributed by atoms with E-state index in [2.05, 4.69) is 29.6 Å². The van der Waals surface area contributed by atoms with Crippen molar-refractivity contribution in [3.63, 3.8) is 0 Å². The van der Waals surface area contributed by atoms with Crippen LogP contribution in [-0.4, -0.2) is 10.6 Å². The van der Waals surface area contributed by atoms with Crippen molar-refractivity contribution in [2.24, 2.45) is 0 Å². The van der Waals surface area contributed by atoms with Gasteiger partial charge in [-0.2, -0.15) is 0 Å². The quantitative estimate of drug-likeness (QED) is 0.750. The predicted octanol–water partition coefficient (Wildman–Crippen LogP) is 1.05. The van der Waals surface area contributed by atoms with Crippen LogP contribution in [0, 0.1) is 0 Å². The van der Waals surface area contributed by atoms with Crippen molar-refractivity contribution in [2.45, 2.75) is 12.8 Å². The van der Waals surface area contributed by atoms with Crippen LogP contribution in [0.1, 0.15) is 11.1 Å². The monoisotopic (exact) mass is 329 g/mol. The second-order valence-corrected chi connectivity index (χ2v) is 4.82. The van der Waals surface area contributed by atoms with Crippen LogP contribution in [0.2, 0.25) is 0 Å². The van der Waals surface area contributed by atoms with Crippen LogP contribution >= 0.6 is 0 Å². The molecule has 62 valence electrons. The van der Waals surface area contributed by atoms with Gasteiger partial charge < -0.3 is 0 Å². The Labute approximate surface area is 83.6 Å². The minimum absolute atomic E-state index is 1.11. The van der Waals surface area contributed by atoms with Crippen LogP contribution in [0.15, 0.2) is 24.3 Å².